The third kappa shape index (κ3) is 3.88. The highest BCUT2D eigenvalue weighted by Crippen LogP contribution is 2.31. The van der Waals surface area contributed by atoms with E-state index in [1.165, 1.54) is 0 Å². The minimum Gasteiger partial charge on any atom is -0.379 e. The van der Waals surface area contributed by atoms with Crippen LogP contribution in [0.4, 0.5) is 13.2 Å². The highest BCUT2D eigenvalue weighted by atomic mass is 19.4. The number of hydrogen-bond donors (Lipinski definition) is 0. The van der Waals surface area contributed by atoms with Crippen LogP contribution in [0.1, 0.15) is 35.6 Å². The summed E-state index contributed by atoms with van der Waals surface area (Å²) >= 11 is 0. The van der Waals surface area contributed by atoms with E-state index in [4.69, 9.17) is 4.74 Å². The summed E-state index contributed by atoms with van der Waals surface area (Å²) in [5.41, 5.74) is 3.11. The van der Waals surface area contributed by atoms with Gasteiger partial charge in [-0.15, -0.1) is 0 Å². The second-order valence-electron chi connectivity index (χ2n) is 6.55. The number of nitrogens with zero attached hydrogens (tertiary/aromatic N) is 3. The quantitative estimate of drug-likeness (QED) is 0.818. The van der Waals surface area contributed by atoms with Crippen molar-refractivity contribution in [3.05, 3.63) is 46.9 Å². The third-order valence-corrected chi connectivity index (χ3v) is 4.90. The van der Waals surface area contributed by atoms with Crippen LogP contribution in [0.25, 0.3) is 11.3 Å². The molecule has 7 heteroatoms. The van der Waals surface area contributed by atoms with E-state index >= 15 is 0 Å². The number of aryl methyl sites for hydroxylation is 1. The number of halogens is 3. The lowest BCUT2D eigenvalue weighted by Gasteiger charge is -2.32. The summed E-state index contributed by atoms with van der Waals surface area (Å²) in [6.07, 6.45) is -4.56. The second-order valence-corrected chi connectivity index (χ2v) is 6.55. The van der Waals surface area contributed by atoms with Crippen molar-refractivity contribution in [2.75, 3.05) is 26.3 Å². The number of hydrogen-bond acceptors (Lipinski definition) is 4. The van der Waals surface area contributed by atoms with Gasteiger partial charge in [-0.25, -0.2) is 9.97 Å². The van der Waals surface area contributed by atoms with Gasteiger partial charge >= 0.3 is 6.18 Å². The maximum absolute atomic E-state index is 13.0. The molecule has 0 bridgehead atoms. The fourth-order valence-electron chi connectivity index (χ4n) is 3.13. The van der Waals surface area contributed by atoms with Gasteiger partial charge in [0.25, 0.3) is 0 Å². The van der Waals surface area contributed by atoms with Crippen molar-refractivity contribution in [3.63, 3.8) is 0 Å². The van der Waals surface area contributed by atoms with Crippen molar-refractivity contribution in [1.82, 2.24) is 14.9 Å². The predicted molar refractivity (Wildman–Crippen MR) is 92.8 cm³/mol. The molecule has 0 N–H and O–H groups in total. The van der Waals surface area contributed by atoms with Crippen molar-refractivity contribution in [1.29, 1.82) is 0 Å². The van der Waals surface area contributed by atoms with Crippen LogP contribution in [-0.4, -0.2) is 41.2 Å². The van der Waals surface area contributed by atoms with Crippen molar-refractivity contribution in [2.45, 2.75) is 33.0 Å². The van der Waals surface area contributed by atoms with Gasteiger partial charge in [-0.3, -0.25) is 4.90 Å². The first-order valence-electron chi connectivity index (χ1n) is 8.62. The summed E-state index contributed by atoms with van der Waals surface area (Å²) in [7, 11) is 0. The first-order valence-corrected chi connectivity index (χ1v) is 8.62. The molecular weight excluding hydrogens is 343 g/mol. The Morgan fingerprint density at radius 2 is 1.65 bits per heavy atom. The second kappa shape index (κ2) is 7.32. The Bertz CT molecular complexity index is 769. The van der Waals surface area contributed by atoms with Gasteiger partial charge in [0, 0.05) is 30.4 Å². The lowest BCUT2D eigenvalue weighted by molar-refractivity contribution is -0.145. The van der Waals surface area contributed by atoms with Crippen LogP contribution in [0.15, 0.2) is 24.3 Å². The minimum atomic E-state index is -4.56. The van der Waals surface area contributed by atoms with Gasteiger partial charge in [0.15, 0.2) is 0 Å². The molecule has 1 unspecified atom stereocenters. The standard InChI is InChI=1S/C19H22F3N3O/c1-12-13(2)23-18(19(20,21)22)24-17(12)16-6-4-15(5-7-16)14(3)25-8-10-26-11-9-25/h4-7,14H,8-11H2,1-3H3. The van der Waals surface area contributed by atoms with Gasteiger partial charge in [0.2, 0.25) is 5.82 Å². The maximum Gasteiger partial charge on any atom is 0.451 e. The molecule has 2 aromatic rings. The number of benzene rings is 1. The van der Waals surface area contributed by atoms with E-state index in [-0.39, 0.29) is 6.04 Å². The van der Waals surface area contributed by atoms with Crippen molar-refractivity contribution in [2.24, 2.45) is 0 Å². The Morgan fingerprint density at radius 1 is 1.04 bits per heavy atom. The molecule has 2 heterocycles. The van der Waals surface area contributed by atoms with Crippen LogP contribution in [0.5, 0.6) is 0 Å². The monoisotopic (exact) mass is 365 g/mol. The molecule has 0 amide bonds. The first-order chi connectivity index (χ1) is 12.3. The van der Waals surface area contributed by atoms with E-state index in [0.717, 1.165) is 31.9 Å². The molecule has 0 spiro atoms. The van der Waals surface area contributed by atoms with Crippen molar-refractivity contribution < 1.29 is 17.9 Å². The Labute approximate surface area is 151 Å². The van der Waals surface area contributed by atoms with Crippen LogP contribution in [0.3, 0.4) is 0 Å². The van der Waals surface area contributed by atoms with E-state index in [9.17, 15) is 13.2 Å². The van der Waals surface area contributed by atoms with Crippen LogP contribution in [0.2, 0.25) is 0 Å². The van der Waals surface area contributed by atoms with Gasteiger partial charge in [-0.1, -0.05) is 24.3 Å². The normalized spacial score (nSPS) is 17.3. The van der Waals surface area contributed by atoms with E-state index in [1.54, 1.807) is 13.8 Å². The summed E-state index contributed by atoms with van der Waals surface area (Å²) < 4.78 is 44.5. The first kappa shape index (κ1) is 18.8. The highest BCUT2D eigenvalue weighted by Gasteiger charge is 2.35. The van der Waals surface area contributed by atoms with Gasteiger partial charge in [0.05, 0.1) is 18.9 Å². The number of morpholine rings is 1. The fourth-order valence-corrected chi connectivity index (χ4v) is 3.13. The molecule has 140 valence electrons. The Balaban J connectivity index is 1.90. The topological polar surface area (TPSA) is 38.2 Å². The van der Waals surface area contributed by atoms with Gasteiger partial charge in [0.1, 0.15) is 0 Å². The van der Waals surface area contributed by atoms with Gasteiger partial charge in [-0.2, -0.15) is 13.2 Å². The zero-order valence-corrected chi connectivity index (χ0v) is 15.1. The van der Waals surface area contributed by atoms with E-state index < -0.39 is 12.0 Å². The number of alkyl halides is 3. The molecule has 1 fully saturated rings. The summed E-state index contributed by atoms with van der Waals surface area (Å²) in [6, 6.07) is 7.81. The molecule has 0 radical (unpaired) electrons. The average molecular weight is 365 g/mol. The minimum absolute atomic E-state index is 0.229. The van der Waals surface area contributed by atoms with Crippen LogP contribution in [-0.2, 0) is 10.9 Å². The van der Waals surface area contributed by atoms with E-state index in [1.807, 2.05) is 24.3 Å². The zero-order valence-electron chi connectivity index (χ0n) is 15.1. The molecule has 1 aliphatic heterocycles. The largest absolute Gasteiger partial charge is 0.451 e. The highest BCUT2D eigenvalue weighted by molar-refractivity contribution is 5.64. The fraction of sp³-hybridized carbons (Fsp3) is 0.474. The van der Waals surface area contributed by atoms with Crippen LogP contribution >= 0.6 is 0 Å². The van der Waals surface area contributed by atoms with Crippen molar-refractivity contribution >= 4 is 0 Å². The molecule has 1 atom stereocenters. The summed E-state index contributed by atoms with van der Waals surface area (Å²) in [4.78, 5) is 9.69. The molecular formula is C19H22F3N3O. The molecule has 1 aliphatic rings. The smallest absolute Gasteiger partial charge is 0.379 e. The molecule has 1 aromatic heterocycles. The molecule has 26 heavy (non-hydrogen) atoms. The van der Waals surface area contributed by atoms with Crippen LogP contribution < -0.4 is 0 Å². The number of ether oxygens (including phenoxy) is 1. The lowest BCUT2D eigenvalue weighted by Crippen LogP contribution is -2.37. The predicted octanol–water partition coefficient (Wildman–Crippen LogP) is 4.17. The Morgan fingerprint density at radius 3 is 2.23 bits per heavy atom. The molecule has 0 aliphatic carbocycles. The Hall–Kier alpha value is -1.99. The molecule has 3 rings (SSSR count). The summed E-state index contributed by atoms with van der Waals surface area (Å²) in [5, 5.41) is 0. The number of rotatable bonds is 3. The lowest BCUT2D eigenvalue weighted by atomic mass is 10.0. The van der Waals surface area contributed by atoms with Gasteiger partial charge < -0.3 is 4.74 Å². The zero-order chi connectivity index (χ0) is 18.9. The third-order valence-electron chi connectivity index (χ3n) is 4.90. The Kier molecular flexibility index (Phi) is 5.29. The SMILES string of the molecule is Cc1nc(C(F)(F)F)nc(-c2ccc(C(C)N3CCOCC3)cc2)c1C. The van der Waals surface area contributed by atoms with E-state index in [0.29, 0.717) is 22.5 Å². The molecule has 1 saturated heterocycles. The molecule has 0 saturated carbocycles. The average Bonchev–Trinajstić information content (AvgIpc) is 2.63. The molecule has 1 aromatic carbocycles. The number of aromatic nitrogens is 2. The van der Waals surface area contributed by atoms with E-state index in [2.05, 4.69) is 21.8 Å². The summed E-state index contributed by atoms with van der Waals surface area (Å²) in [5.74, 6) is -1.10. The van der Waals surface area contributed by atoms with Crippen LogP contribution in [0, 0.1) is 13.8 Å². The maximum atomic E-state index is 13.0. The van der Waals surface area contributed by atoms with Gasteiger partial charge in [-0.05, 0) is 31.9 Å². The molecule has 4 nitrogen and oxygen atoms in total. The summed E-state index contributed by atoms with van der Waals surface area (Å²) in [6.45, 7) is 8.65. The van der Waals surface area contributed by atoms with Crippen molar-refractivity contribution in [3.8, 4) is 11.3 Å².